The molecule has 1 fully saturated rings. The zero-order chi connectivity index (χ0) is 23.9. The van der Waals surface area contributed by atoms with E-state index in [0.29, 0.717) is 36.4 Å². The number of carbonyl (C=O) groups is 2. The van der Waals surface area contributed by atoms with Crippen LogP contribution in [0, 0.1) is 26.7 Å². The highest BCUT2D eigenvalue weighted by molar-refractivity contribution is 7.89. The number of ether oxygens (including phenoxy) is 1. The third-order valence-electron chi connectivity index (χ3n) is 6.31. The molecule has 4 rings (SSSR count). The van der Waals surface area contributed by atoms with Crippen molar-refractivity contribution in [2.24, 2.45) is 5.92 Å². The van der Waals surface area contributed by atoms with E-state index in [-0.39, 0.29) is 23.3 Å². The van der Waals surface area contributed by atoms with Gasteiger partial charge in [0, 0.05) is 24.8 Å². The molecule has 0 spiro atoms. The summed E-state index contributed by atoms with van der Waals surface area (Å²) in [6, 6.07) is 8.89. The fourth-order valence-corrected chi connectivity index (χ4v) is 6.12. The highest BCUT2D eigenvalue weighted by Gasteiger charge is 2.35. The highest BCUT2D eigenvalue weighted by atomic mass is 32.2. The fourth-order valence-electron chi connectivity index (χ4n) is 4.37. The number of carbonyl (C=O) groups excluding carboxylic acids is 2. The molecule has 2 aliphatic rings. The van der Waals surface area contributed by atoms with Crippen molar-refractivity contribution in [3.8, 4) is 5.75 Å². The second-order valence-electron chi connectivity index (χ2n) is 8.82. The van der Waals surface area contributed by atoms with Crippen LogP contribution >= 0.6 is 0 Å². The molecule has 2 unspecified atom stereocenters. The van der Waals surface area contributed by atoms with Crippen LogP contribution in [-0.4, -0.2) is 43.7 Å². The van der Waals surface area contributed by atoms with Crippen LogP contribution in [0.4, 0.5) is 11.4 Å². The number of aryl methyl sites for hydroxylation is 3. The number of fused-ring (bicyclic) bond motifs is 1. The third kappa shape index (κ3) is 4.47. The van der Waals surface area contributed by atoms with E-state index in [9.17, 15) is 18.0 Å². The van der Waals surface area contributed by atoms with Gasteiger partial charge in [0.1, 0.15) is 5.75 Å². The van der Waals surface area contributed by atoms with Crippen molar-refractivity contribution in [1.82, 2.24) is 4.31 Å². The smallest absolute Gasteiger partial charge is 0.265 e. The molecule has 0 saturated carbocycles. The van der Waals surface area contributed by atoms with Crippen LogP contribution < -0.4 is 15.4 Å². The van der Waals surface area contributed by atoms with Crippen molar-refractivity contribution in [3.05, 3.63) is 47.0 Å². The van der Waals surface area contributed by atoms with Gasteiger partial charge in [-0.3, -0.25) is 9.59 Å². The van der Waals surface area contributed by atoms with E-state index in [1.807, 2.05) is 32.0 Å². The summed E-state index contributed by atoms with van der Waals surface area (Å²) in [5, 5.41) is 5.74. The van der Waals surface area contributed by atoms with Gasteiger partial charge in [0.2, 0.25) is 15.9 Å². The Morgan fingerprint density at radius 1 is 1.15 bits per heavy atom. The van der Waals surface area contributed by atoms with Crippen LogP contribution in [0.1, 0.15) is 36.5 Å². The topological polar surface area (TPSA) is 105 Å². The Bertz CT molecular complexity index is 1200. The lowest BCUT2D eigenvalue weighted by atomic mass is 9.98. The van der Waals surface area contributed by atoms with E-state index >= 15 is 0 Å². The number of amides is 2. The summed E-state index contributed by atoms with van der Waals surface area (Å²) in [5.41, 5.74) is 3.68. The molecule has 2 aliphatic heterocycles. The maximum atomic E-state index is 13.5. The number of hydrogen-bond acceptors (Lipinski definition) is 5. The molecule has 2 heterocycles. The number of nitrogens with zero attached hydrogens (tertiary/aromatic N) is 1. The Morgan fingerprint density at radius 2 is 1.85 bits per heavy atom. The van der Waals surface area contributed by atoms with Crippen LogP contribution in [0.5, 0.6) is 5.75 Å². The number of hydrogen-bond donors (Lipinski definition) is 2. The summed E-state index contributed by atoms with van der Waals surface area (Å²) < 4.78 is 34.0. The molecule has 8 nitrogen and oxygen atoms in total. The van der Waals surface area contributed by atoms with Gasteiger partial charge >= 0.3 is 0 Å². The minimum absolute atomic E-state index is 0.115. The molecular weight excluding hydrogens is 442 g/mol. The number of anilines is 2. The molecule has 9 heteroatoms. The minimum Gasteiger partial charge on any atom is -0.479 e. The van der Waals surface area contributed by atoms with Crippen LogP contribution in [0.25, 0.3) is 0 Å². The van der Waals surface area contributed by atoms with Gasteiger partial charge in [0.15, 0.2) is 6.10 Å². The van der Waals surface area contributed by atoms with Gasteiger partial charge < -0.3 is 15.4 Å². The van der Waals surface area contributed by atoms with Gasteiger partial charge in [-0.25, -0.2) is 8.42 Å². The zero-order valence-corrected chi connectivity index (χ0v) is 20.1. The largest absolute Gasteiger partial charge is 0.479 e. The van der Waals surface area contributed by atoms with E-state index in [4.69, 9.17) is 4.74 Å². The maximum Gasteiger partial charge on any atom is 0.265 e. The summed E-state index contributed by atoms with van der Waals surface area (Å²) in [5.74, 6) is -0.561. The molecule has 0 radical (unpaired) electrons. The van der Waals surface area contributed by atoms with E-state index in [2.05, 4.69) is 10.6 Å². The molecule has 2 N–H and O–H groups in total. The number of piperidine rings is 1. The first-order valence-corrected chi connectivity index (χ1v) is 12.5. The number of rotatable bonds is 4. The molecular formula is C24H29N3O5S. The molecule has 0 aliphatic carbocycles. The number of benzene rings is 2. The van der Waals surface area contributed by atoms with E-state index in [0.717, 1.165) is 16.8 Å². The Kier molecular flexibility index (Phi) is 6.20. The second-order valence-corrected chi connectivity index (χ2v) is 10.7. The summed E-state index contributed by atoms with van der Waals surface area (Å²) in [6.45, 7) is 7.63. The van der Waals surface area contributed by atoms with E-state index in [1.54, 1.807) is 19.9 Å². The van der Waals surface area contributed by atoms with Gasteiger partial charge in [-0.1, -0.05) is 18.2 Å². The van der Waals surface area contributed by atoms with Gasteiger partial charge in [-0.05, 0) is 63.3 Å². The van der Waals surface area contributed by atoms with Crippen molar-refractivity contribution in [2.45, 2.75) is 51.5 Å². The number of para-hydroxylation sites is 1. The monoisotopic (exact) mass is 471 g/mol. The molecule has 0 aromatic heterocycles. The van der Waals surface area contributed by atoms with Crippen molar-refractivity contribution >= 4 is 33.2 Å². The van der Waals surface area contributed by atoms with Gasteiger partial charge in [-0.2, -0.15) is 4.31 Å². The molecule has 2 atom stereocenters. The lowest BCUT2D eigenvalue weighted by Crippen LogP contribution is -2.44. The van der Waals surface area contributed by atoms with Crippen LogP contribution in [-0.2, 0) is 19.6 Å². The minimum atomic E-state index is -3.85. The molecule has 2 aromatic rings. The maximum absolute atomic E-state index is 13.5. The van der Waals surface area contributed by atoms with Gasteiger partial charge in [-0.15, -0.1) is 0 Å². The van der Waals surface area contributed by atoms with Crippen molar-refractivity contribution in [1.29, 1.82) is 0 Å². The van der Waals surface area contributed by atoms with E-state index in [1.165, 1.54) is 10.4 Å². The SMILES string of the molecule is Cc1cc2c(cc1S(=O)(=O)N1CCCC(C(=O)Nc3c(C)cccc3C)C1)OC(C)C(=O)N2. The van der Waals surface area contributed by atoms with Crippen LogP contribution in [0.15, 0.2) is 35.2 Å². The fraction of sp³-hybridized carbons (Fsp3) is 0.417. The van der Waals surface area contributed by atoms with Crippen LogP contribution in [0.3, 0.4) is 0 Å². The summed E-state index contributed by atoms with van der Waals surface area (Å²) in [6.07, 6.45) is 0.514. The first-order valence-electron chi connectivity index (χ1n) is 11.1. The second kappa shape index (κ2) is 8.79. The Morgan fingerprint density at radius 3 is 2.55 bits per heavy atom. The van der Waals surface area contributed by atoms with Crippen LogP contribution in [0.2, 0.25) is 0 Å². The molecule has 2 amide bonds. The first-order chi connectivity index (χ1) is 15.6. The van der Waals surface area contributed by atoms with Gasteiger partial charge in [0.05, 0.1) is 16.5 Å². The summed E-state index contributed by atoms with van der Waals surface area (Å²) in [7, 11) is -3.85. The number of sulfonamides is 1. The molecule has 2 aromatic carbocycles. The van der Waals surface area contributed by atoms with Crippen molar-refractivity contribution < 1.29 is 22.7 Å². The normalized spacial score (nSPS) is 21.0. The quantitative estimate of drug-likeness (QED) is 0.711. The zero-order valence-electron chi connectivity index (χ0n) is 19.3. The summed E-state index contributed by atoms with van der Waals surface area (Å²) >= 11 is 0. The predicted molar refractivity (Wildman–Crippen MR) is 126 cm³/mol. The molecule has 176 valence electrons. The van der Waals surface area contributed by atoms with Crippen molar-refractivity contribution in [2.75, 3.05) is 23.7 Å². The first kappa shape index (κ1) is 23.3. The van der Waals surface area contributed by atoms with E-state index < -0.39 is 22.0 Å². The predicted octanol–water partition coefficient (Wildman–Crippen LogP) is 3.37. The average molecular weight is 472 g/mol. The lowest BCUT2D eigenvalue weighted by Gasteiger charge is -2.32. The Labute approximate surface area is 194 Å². The average Bonchev–Trinajstić information content (AvgIpc) is 2.77. The highest BCUT2D eigenvalue weighted by Crippen LogP contribution is 2.36. The molecule has 0 bridgehead atoms. The molecule has 1 saturated heterocycles. The van der Waals surface area contributed by atoms with Gasteiger partial charge in [0.25, 0.3) is 5.91 Å². The Balaban J connectivity index is 1.56. The lowest BCUT2D eigenvalue weighted by molar-refractivity contribution is -0.123. The Hall–Kier alpha value is -2.91. The standard InChI is InChI=1S/C24H29N3O5S/c1-14-7-5-8-15(2)22(14)26-24(29)18-9-6-10-27(13-18)33(30,31)21-12-20-19(11-16(21)3)25-23(28)17(4)32-20/h5,7-8,11-12,17-18H,6,9-10,13H2,1-4H3,(H,25,28)(H,26,29). The van der Waals surface area contributed by atoms with Crippen molar-refractivity contribution in [3.63, 3.8) is 0 Å². The summed E-state index contributed by atoms with van der Waals surface area (Å²) in [4.78, 5) is 25.0. The molecule has 33 heavy (non-hydrogen) atoms. The number of nitrogens with one attached hydrogen (secondary N) is 2. The third-order valence-corrected chi connectivity index (χ3v) is 8.32.